The number of halogens is 1. The quantitative estimate of drug-likeness (QED) is 0.612. The van der Waals surface area contributed by atoms with Crippen molar-refractivity contribution in [3.05, 3.63) is 32.9 Å². The van der Waals surface area contributed by atoms with Gasteiger partial charge in [-0.1, -0.05) is 6.07 Å². The van der Waals surface area contributed by atoms with Crippen molar-refractivity contribution in [2.24, 2.45) is 0 Å². The minimum Gasteiger partial charge on any atom is -0.303 e. The Morgan fingerprint density at radius 2 is 2.25 bits per heavy atom. The van der Waals surface area contributed by atoms with Crippen LogP contribution in [0.5, 0.6) is 0 Å². The molecule has 2 heteroatoms. The molecular weight excluding hydrogens is 263 g/mol. The van der Waals surface area contributed by atoms with Crippen LogP contribution < -0.4 is 0 Å². The second-order valence-electron chi connectivity index (χ2n) is 2.78. The summed E-state index contributed by atoms with van der Waals surface area (Å²) in [6.07, 6.45) is 2.46. The fourth-order valence-electron chi connectivity index (χ4n) is 1.12. The van der Waals surface area contributed by atoms with Gasteiger partial charge in [-0.15, -0.1) is 0 Å². The highest BCUT2D eigenvalue weighted by Gasteiger charge is 1.97. The zero-order valence-electron chi connectivity index (χ0n) is 7.01. The Hall–Kier alpha value is -0.380. The summed E-state index contributed by atoms with van der Waals surface area (Å²) in [5, 5.41) is 0. The monoisotopic (exact) mass is 274 g/mol. The normalized spacial score (nSPS) is 9.83. The minimum absolute atomic E-state index is 0.626. The molecule has 64 valence electrons. The average Bonchev–Trinajstić information content (AvgIpc) is 2.07. The minimum atomic E-state index is 0.626. The lowest BCUT2D eigenvalue weighted by Crippen LogP contribution is -1.91. The van der Waals surface area contributed by atoms with Crippen LogP contribution in [0.4, 0.5) is 0 Å². The third-order valence-corrected chi connectivity index (χ3v) is 2.51. The molecule has 0 atom stereocenters. The second kappa shape index (κ2) is 4.60. The molecule has 0 unspecified atom stereocenters. The van der Waals surface area contributed by atoms with E-state index in [1.165, 1.54) is 14.7 Å². The van der Waals surface area contributed by atoms with Crippen molar-refractivity contribution in [3.63, 3.8) is 0 Å². The van der Waals surface area contributed by atoms with Crippen LogP contribution in [0.2, 0.25) is 0 Å². The average molecular weight is 274 g/mol. The topological polar surface area (TPSA) is 17.1 Å². The van der Waals surface area contributed by atoms with E-state index in [1.54, 1.807) is 0 Å². The third kappa shape index (κ3) is 2.59. The molecule has 1 rings (SSSR count). The molecule has 0 aliphatic rings. The molecule has 12 heavy (non-hydrogen) atoms. The first-order chi connectivity index (χ1) is 5.74. The van der Waals surface area contributed by atoms with E-state index in [2.05, 4.69) is 47.7 Å². The molecule has 0 saturated heterocycles. The molecule has 0 amide bonds. The van der Waals surface area contributed by atoms with Gasteiger partial charge in [-0.05, 0) is 59.2 Å². The van der Waals surface area contributed by atoms with Crippen LogP contribution in [0.1, 0.15) is 17.5 Å². The highest BCUT2D eigenvalue weighted by Crippen LogP contribution is 2.14. The van der Waals surface area contributed by atoms with Gasteiger partial charge in [0.25, 0.3) is 0 Å². The highest BCUT2D eigenvalue weighted by molar-refractivity contribution is 14.1. The molecule has 1 aromatic rings. The number of hydrogen-bond donors (Lipinski definition) is 0. The van der Waals surface area contributed by atoms with E-state index in [-0.39, 0.29) is 0 Å². The number of hydrogen-bond acceptors (Lipinski definition) is 1. The number of aryl methyl sites for hydroxylation is 2. The van der Waals surface area contributed by atoms with Gasteiger partial charge in [0.05, 0.1) is 0 Å². The molecule has 0 aromatic heterocycles. The fourth-order valence-corrected chi connectivity index (χ4v) is 1.68. The maximum Gasteiger partial charge on any atom is 0.120 e. The highest BCUT2D eigenvalue weighted by atomic mass is 127. The van der Waals surface area contributed by atoms with Gasteiger partial charge < -0.3 is 4.79 Å². The van der Waals surface area contributed by atoms with Crippen LogP contribution in [-0.2, 0) is 11.2 Å². The maximum atomic E-state index is 10.2. The van der Waals surface area contributed by atoms with E-state index in [4.69, 9.17) is 0 Å². The molecule has 1 aromatic carbocycles. The van der Waals surface area contributed by atoms with E-state index >= 15 is 0 Å². The molecule has 0 saturated carbocycles. The van der Waals surface area contributed by atoms with Gasteiger partial charge in [-0.2, -0.15) is 0 Å². The number of aldehydes is 1. The fraction of sp³-hybridized carbons (Fsp3) is 0.300. The van der Waals surface area contributed by atoms with Crippen molar-refractivity contribution in [1.82, 2.24) is 0 Å². The lowest BCUT2D eigenvalue weighted by Gasteiger charge is -2.03. The lowest BCUT2D eigenvalue weighted by molar-refractivity contribution is -0.107. The number of carbonyl (C=O) groups excluding carboxylic acids is 1. The molecule has 0 radical (unpaired) electrons. The van der Waals surface area contributed by atoms with Crippen molar-refractivity contribution in [3.8, 4) is 0 Å². The summed E-state index contributed by atoms with van der Waals surface area (Å²) in [6, 6.07) is 6.32. The molecule has 0 aliphatic carbocycles. The van der Waals surface area contributed by atoms with Crippen LogP contribution in [-0.4, -0.2) is 6.29 Å². The number of benzene rings is 1. The first-order valence-corrected chi connectivity index (χ1v) is 5.00. The lowest BCUT2D eigenvalue weighted by atomic mass is 10.0. The Morgan fingerprint density at radius 1 is 1.50 bits per heavy atom. The van der Waals surface area contributed by atoms with Gasteiger partial charge in [0.15, 0.2) is 0 Å². The molecule has 0 aliphatic heterocycles. The van der Waals surface area contributed by atoms with E-state index < -0.39 is 0 Å². The smallest absolute Gasteiger partial charge is 0.120 e. The molecule has 0 heterocycles. The summed E-state index contributed by atoms with van der Waals surface area (Å²) in [5.74, 6) is 0. The van der Waals surface area contributed by atoms with Crippen LogP contribution >= 0.6 is 22.6 Å². The standard InChI is InChI=1S/C10H11IO/c1-8-4-5-10(11)7-9(8)3-2-6-12/h4-7H,2-3H2,1H3. The van der Waals surface area contributed by atoms with E-state index in [0.717, 1.165) is 12.7 Å². The van der Waals surface area contributed by atoms with Crippen LogP contribution in [0, 0.1) is 10.5 Å². The van der Waals surface area contributed by atoms with Gasteiger partial charge in [0.2, 0.25) is 0 Å². The van der Waals surface area contributed by atoms with Crippen LogP contribution in [0.25, 0.3) is 0 Å². The molecule has 0 N–H and O–H groups in total. The summed E-state index contributed by atoms with van der Waals surface area (Å²) in [6.45, 7) is 2.08. The van der Waals surface area contributed by atoms with E-state index in [0.29, 0.717) is 6.42 Å². The van der Waals surface area contributed by atoms with E-state index in [1.807, 2.05) is 0 Å². The SMILES string of the molecule is Cc1ccc(I)cc1CCC=O. The van der Waals surface area contributed by atoms with Gasteiger partial charge in [-0.25, -0.2) is 0 Å². The summed E-state index contributed by atoms with van der Waals surface area (Å²) in [5.41, 5.74) is 2.56. The molecule has 0 fully saturated rings. The zero-order valence-corrected chi connectivity index (χ0v) is 9.17. The Morgan fingerprint density at radius 3 is 2.92 bits per heavy atom. The van der Waals surface area contributed by atoms with Gasteiger partial charge in [0, 0.05) is 9.99 Å². The van der Waals surface area contributed by atoms with Crippen LogP contribution in [0.3, 0.4) is 0 Å². The summed E-state index contributed by atoms with van der Waals surface area (Å²) in [7, 11) is 0. The molecule has 0 bridgehead atoms. The maximum absolute atomic E-state index is 10.2. The largest absolute Gasteiger partial charge is 0.303 e. The predicted octanol–water partition coefficient (Wildman–Crippen LogP) is 2.73. The Kier molecular flexibility index (Phi) is 3.72. The van der Waals surface area contributed by atoms with Gasteiger partial charge >= 0.3 is 0 Å². The van der Waals surface area contributed by atoms with Gasteiger partial charge in [0.1, 0.15) is 6.29 Å². The second-order valence-corrected chi connectivity index (χ2v) is 4.02. The zero-order chi connectivity index (χ0) is 8.97. The summed E-state index contributed by atoms with van der Waals surface area (Å²) in [4.78, 5) is 10.2. The van der Waals surface area contributed by atoms with Crippen LogP contribution in [0.15, 0.2) is 18.2 Å². The van der Waals surface area contributed by atoms with Crippen molar-refractivity contribution < 1.29 is 4.79 Å². The van der Waals surface area contributed by atoms with Crippen molar-refractivity contribution in [1.29, 1.82) is 0 Å². The van der Waals surface area contributed by atoms with Crippen molar-refractivity contribution in [2.45, 2.75) is 19.8 Å². The molecular formula is C10H11IO. The predicted molar refractivity (Wildman–Crippen MR) is 58.3 cm³/mol. The molecule has 0 spiro atoms. The van der Waals surface area contributed by atoms with Crippen molar-refractivity contribution in [2.75, 3.05) is 0 Å². The Labute approximate surface area is 86.3 Å². The Bertz CT molecular complexity index is 281. The first kappa shape index (κ1) is 9.71. The third-order valence-electron chi connectivity index (χ3n) is 1.84. The molecule has 1 nitrogen and oxygen atoms in total. The Balaban J connectivity index is 2.82. The summed E-state index contributed by atoms with van der Waals surface area (Å²) < 4.78 is 1.24. The number of rotatable bonds is 3. The number of carbonyl (C=O) groups is 1. The summed E-state index contributed by atoms with van der Waals surface area (Å²) >= 11 is 2.29. The van der Waals surface area contributed by atoms with Gasteiger partial charge in [-0.3, -0.25) is 0 Å². The first-order valence-electron chi connectivity index (χ1n) is 3.92. The van der Waals surface area contributed by atoms with E-state index in [9.17, 15) is 4.79 Å². The van der Waals surface area contributed by atoms with Crippen molar-refractivity contribution >= 4 is 28.9 Å².